The van der Waals surface area contributed by atoms with Crippen molar-refractivity contribution in [2.24, 2.45) is 0 Å². The number of nitriles is 2. The first-order chi connectivity index (χ1) is 31.2. The molecule has 6 aromatic rings. The monoisotopic (exact) mass is 844 g/mol. The van der Waals surface area contributed by atoms with Crippen molar-refractivity contribution in [3.8, 4) is 23.6 Å². The summed E-state index contributed by atoms with van der Waals surface area (Å²) in [6, 6.07) is 51.9. The maximum Gasteiger partial charge on any atom is 0.354 e. The second-order valence-corrected chi connectivity index (χ2v) is 16.4. The molecule has 8 heteroatoms. The van der Waals surface area contributed by atoms with Crippen molar-refractivity contribution in [1.82, 2.24) is 0 Å². The van der Waals surface area contributed by atoms with Crippen LogP contribution in [0.3, 0.4) is 0 Å². The first-order valence-corrected chi connectivity index (χ1v) is 21.9. The Kier molecular flexibility index (Phi) is 14.8. The third-order valence-corrected chi connectivity index (χ3v) is 11.8. The Bertz CT molecular complexity index is 2480. The number of hydrogen-bond acceptors (Lipinski definition) is 8. The Morgan fingerprint density at radius 2 is 0.906 bits per heavy atom. The Balaban J connectivity index is 0.891. The molecular weight excluding hydrogens is 793 g/mol. The highest BCUT2D eigenvalue weighted by molar-refractivity contribution is 5.99. The molecule has 0 unspecified atom stereocenters. The summed E-state index contributed by atoms with van der Waals surface area (Å²) in [5.41, 5.74) is 10.7. The molecule has 6 aromatic carbocycles. The van der Waals surface area contributed by atoms with Crippen molar-refractivity contribution >= 4 is 35.5 Å². The Labute approximate surface area is 376 Å². The third-order valence-electron chi connectivity index (χ3n) is 11.8. The molecule has 0 aliphatic heterocycles. The van der Waals surface area contributed by atoms with Crippen LogP contribution in [0, 0.1) is 36.5 Å². The zero-order chi connectivity index (χ0) is 44.7. The van der Waals surface area contributed by atoms with Gasteiger partial charge in [-0.3, -0.25) is 0 Å². The van der Waals surface area contributed by atoms with E-state index in [0.29, 0.717) is 11.5 Å². The van der Waals surface area contributed by atoms with Crippen molar-refractivity contribution < 1.29 is 19.1 Å². The van der Waals surface area contributed by atoms with Gasteiger partial charge in [0.05, 0.1) is 0 Å². The number of carbonyl (C=O) groups is 2. The molecule has 64 heavy (non-hydrogen) atoms. The first kappa shape index (κ1) is 44.4. The number of esters is 2. The molecule has 0 bridgehead atoms. The van der Waals surface area contributed by atoms with Gasteiger partial charge in [-0.2, -0.15) is 10.5 Å². The number of rotatable bonds is 16. The maximum atomic E-state index is 12.6. The van der Waals surface area contributed by atoms with E-state index in [2.05, 4.69) is 59.2 Å². The van der Waals surface area contributed by atoms with Gasteiger partial charge in [0, 0.05) is 29.9 Å². The molecule has 0 aromatic heterocycles. The lowest BCUT2D eigenvalue weighted by Crippen LogP contribution is -2.30. The van der Waals surface area contributed by atoms with E-state index in [1.54, 1.807) is 36.4 Å². The molecule has 320 valence electrons. The first-order valence-electron chi connectivity index (χ1n) is 21.9. The Morgan fingerprint density at radius 1 is 0.531 bits per heavy atom. The highest BCUT2D eigenvalue weighted by Crippen LogP contribution is 2.45. The van der Waals surface area contributed by atoms with E-state index in [4.69, 9.17) is 9.47 Å². The highest BCUT2D eigenvalue weighted by atomic mass is 16.5. The zero-order valence-corrected chi connectivity index (χ0v) is 36.4. The highest BCUT2D eigenvalue weighted by Gasteiger charge is 2.35. The van der Waals surface area contributed by atoms with Crippen LogP contribution in [0.25, 0.3) is 12.2 Å². The predicted octanol–water partition coefficient (Wildman–Crippen LogP) is 11.9. The zero-order valence-electron chi connectivity index (χ0n) is 36.4. The van der Waals surface area contributed by atoms with Crippen molar-refractivity contribution in [2.45, 2.75) is 64.2 Å². The van der Waals surface area contributed by atoms with Crippen LogP contribution in [-0.2, 0) is 27.8 Å². The van der Waals surface area contributed by atoms with Crippen LogP contribution in [0.1, 0.15) is 76.6 Å². The van der Waals surface area contributed by atoms with E-state index >= 15 is 0 Å². The van der Waals surface area contributed by atoms with E-state index in [-0.39, 0.29) is 16.6 Å². The van der Waals surface area contributed by atoms with E-state index in [1.165, 1.54) is 41.5 Å². The number of aryl methyl sites for hydroxylation is 2. The summed E-state index contributed by atoms with van der Waals surface area (Å²) in [5, 5.41) is 26.2. The molecule has 8 nitrogen and oxygen atoms in total. The van der Waals surface area contributed by atoms with E-state index in [0.717, 1.165) is 72.4 Å². The Hall–Kier alpha value is -7.68. The average Bonchev–Trinajstić information content (AvgIpc) is 3.33. The maximum absolute atomic E-state index is 12.6. The number of benzene rings is 6. The fourth-order valence-electron chi connectivity index (χ4n) is 8.12. The van der Waals surface area contributed by atoms with Crippen LogP contribution >= 0.6 is 0 Å². The van der Waals surface area contributed by atoms with Gasteiger partial charge in [-0.15, -0.1) is 0 Å². The number of anilines is 2. The Morgan fingerprint density at radius 3 is 1.27 bits per heavy atom. The summed E-state index contributed by atoms with van der Waals surface area (Å²) >= 11 is 0. The average molecular weight is 845 g/mol. The molecule has 0 saturated heterocycles. The minimum absolute atomic E-state index is 0.00381. The van der Waals surface area contributed by atoms with Crippen molar-refractivity contribution in [2.75, 3.05) is 23.7 Å². The minimum Gasteiger partial charge on any atom is -0.422 e. The topological polar surface area (TPSA) is 124 Å². The van der Waals surface area contributed by atoms with E-state index in [9.17, 15) is 20.1 Å². The summed E-state index contributed by atoms with van der Waals surface area (Å²) in [5.74, 6) is -0.561. The molecular formula is C56H52N4O4. The van der Waals surface area contributed by atoms with Gasteiger partial charge in [-0.1, -0.05) is 127 Å². The summed E-state index contributed by atoms with van der Waals surface area (Å²) in [6.45, 7) is 5.44. The van der Waals surface area contributed by atoms with Crippen LogP contribution in [-0.4, -0.2) is 25.0 Å². The lowest BCUT2D eigenvalue weighted by Gasteiger charge is -2.39. The van der Waals surface area contributed by atoms with Crippen molar-refractivity contribution in [3.63, 3.8) is 0 Å². The standard InChI is InChI=1S/C56H52N4O4/c1-40-6-26-52(27-7-40)63-54(61)46(38-57)36-44-14-22-50(23-15-44)59-34-30-42-10-18-48(19-11-42)56(32-4-3-5-33-56)49-20-12-43(13-21-49)31-35-60-51-24-16-45(17-25-51)37-47(39-58)55(62)64-53-28-8-41(2)9-29-53/h6-29,36-37,59-60H,3-5,30-35H2,1-2H3/b46-36+,47-37+. The largest absolute Gasteiger partial charge is 0.422 e. The lowest BCUT2D eigenvalue weighted by molar-refractivity contribution is -0.130. The van der Waals surface area contributed by atoms with Gasteiger partial charge >= 0.3 is 11.9 Å². The van der Waals surface area contributed by atoms with Crippen molar-refractivity contribution in [3.05, 3.63) is 201 Å². The molecule has 2 N–H and O–H groups in total. The molecule has 0 radical (unpaired) electrons. The summed E-state index contributed by atoms with van der Waals surface area (Å²) in [7, 11) is 0. The van der Waals surface area contributed by atoms with Gasteiger partial charge < -0.3 is 20.1 Å². The van der Waals surface area contributed by atoms with Gasteiger partial charge in [0.25, 0.3) is 0 Å². The number of nitrogens with one attached hydrogen (secondary N) is 2. The second-order valence-electron chi connectivity index (χ2n) is 16.4. The SMILES string of the molecule is Cc1ccc(OC(=O)/C(C#N)=C/c2ccc(NCCc3ccc(C4(c5ccc(CCNc6ccc(/C=C(\C#N)C(=O)Oc7ccc(C)cc7)cc6)cc5)CCCCC4)cc3)cc2)cc1. The smallest absolute Gasteiger partial charge is 0.354 e. The van der Waals surface area contributed by atoms with Crippen molar-refractivity contribution in [1.29, 1.82) is 10.5 Å². The van der Waals surface area contributed by atoms with Gasteiger partial charge in [0.1, 0.15) is 34.8 Å². The summed E-state index contributed by atoms with van der Waals surface area (Å²) in [6.07, 6.45) is 10.8. The lowest BCUT2D eigenvalue weighted by atomic mass is 9.65. The number of nitrogens with zero attached hydrogens (tertiary/aromatic N) is 2. The normalized spacial score (nSPS) is 13.5. The van der Waals surface area contributed by atoms with Crippen LogP contribution < -0.4 is 20.1 Å². The van der Waals surface area contributed by atoms with Gasteiger partial charge in [0.2, 0.25) is 0 Å². The van der Waals surface area contributed by atoms with Gasteiger partial charge in [-0.25, -0.2) is 9.59 Å². The van der Waals surface area contributed by atoms with E-state index < -0.39 is 11.9 Å². The van der Waals surface area contributed by atoms with E-state index in [1.807, 2.05) is 98.8 Å². The van der Waals surface area contributed by atoms with Crippen LogP contribution in [0.15, 0.2) is 157 Å². The predicted molar refractivity (Wildman–Crippen MR) is 255 cm³/mol. The summed E-state index contributed by atoms with van der Waals surface area (Å²) < 4.78 is 10.8. The molecule has 7 rings (SSSR count). The molecule has 0 amide bonds. The molecule has 1 aliphatic rings. The van der Waals surface area contributed by atoms with Crippen LogP contribution in [0.4, 0.5) is 11.4 Å². The van der Waals surface area contributed by atoms with Crippen LogP contribution in [0.2, 0.25) is 0 Å². The third kappa shape index (κ3) is 11.8. The van der Waals surface area contributed by atoms with Gasteiger partial charge in [-0.05, 0) is 134 Å². The fraction of sp³-hybridized carbons (Fsp3) is 0.214. The quantitative estimate of drug-likeness (QED) is 0.0427. The minimum atomic E-state index is -0.682. The molecule has 1 fully saturated rings. The molecule has 0 heterocycles. The molecule has 1 saturated carbocycles. The number of carbonyl (C=O) groups excluding carboxylic acids is 2. The van der Waals surface area contributed by atoms with Gasteiger partial charge in [0.15, 0.2) is 0 Å². The van der Waals surface area contributed by atoms with Crippen LogP contribution in [0.5, 0.6) is 11.5 Å². The number of hydrogen-bond donors (Lipinski definition) is 2. The molecule has 0 spiro atoms. The molecule has 1 aliphatic carbocycles. The molecule has 0 atom stereocenters. The summed E-state index contributed by atoms with van der Waals surface area (Å²) in [4.78, 5) is 25.2. The second kappa shape index (κ2) is 21.4. The fourth-order valence-corrected chi connectivity index (χ4v) is 8.12. The number of ether oxygens (including phenoxy) is 2.